The van der Waals surface area contributed by atoms with Crippen LogP contribution in [0.1, 0.15) is 27.7 Å². The molecule has 0 amide bonds. The lowest BCUT2D eigenvalue weighted by Gasteiger charge is -2.19. The van der Waals surface area contributed by atoms with Crippen LogP contribution in [-0.2, 0) is 0 Å². The minimum Gasteiger partial charge on any atom is -0.282 e. The molecule has 0 bridgehead atoms. The molecule has 0 rings (SSSR count). The number of alkyl halides is 1. The first-order valence-corrected chi connectivity index (χ1v) is 4.69. The van der Waals surface area contributed by atoms with Crippen molar-refractivity contribution in [1.82, 2.24) is 5.43 Å². The fraction of sp³-hybridized carbons (Fsp3) is 0.625. The average Bonchev–Trinajstić information content (AvgIpc) is 1.87. The van der Waals surface area contributed by atoms with E-state index in [9.17, 15) is 0 Å². The molecule has 0 aromatic carbocycles. The summed E-state index contributed by atoms with van der Waals surface area (Å²) in [4.78, 5) is 0. The number of hydrazone groups is 1. The minimum absolute atomic E-state index is 0.124. The van der Waals surface area contributed by atoms with E-state index in [1.54, 1.807) is 6.21 Å². The second kappa shape index (κ2) is 4.74. The standard InChI is InChI=1S/C8H15IN2/c1-5-7(8(3,4)9)11-10-6-2/h5-6,11H,1-4H3/b7-5-,10-6-. The molecule has 0 atom stereocenters. The first-order valence-electron chi connectivity index (χ1n) is 3.61. The van der Waals surface area contributed by atoms with Crippen LogP contribution in [-0.4, -0.2) is 9.64 Å². The van der Waals surface area contributed by atoms with Crippen LogP contribution in [0.15, 0.2) is 16.9 Å². The fourth-order valence-corrected chi connectivity index (χ4v) is 1.11. The van der Waals surface area contributed by atoms with Gasteiger partial charge in [0, 0.05) is 11.9 Å². The third-order valence-electron chi connectivity index (χ3n) is 1.24. The van der Waals surface area contributed by atoms with Crippen molar-refractivity contribution in [1.29, 1.82) is 0 Å². The van der Waals surface area contributed by atoms with Gasteiger partial charge in [-0.3, -0.25) is 5.43 Å². The minimum atomic E-state index is 0.124. The van der Waals surface area contributed by atoms with E-state index in [1.807, 2.05) is 19.9 Å². The second-order valence-corrected chi connectivity index (χ2v) is 5.37. The molecule has 11 heavy (non-hydrogen) atoms. The molecule has 0 aliphatic carbocycles. The molecule has 0 saturated heterocycles. The fourth-order valence-electron chi connectivity index (χ4n) is 0.675. The van der Waals surface area contributed by atoms with E-state index < -0.39 is 0 Å². The third-order valence-corrected chi connectivity index (χ3v) is 1.82. The number of halogens is 1. The summed E-state index contributed by atoms with van der Waals surface area (Å²) in [5, 5.41) is 3.96. The maximum Gasteiger partial charge on any atom is 0.0576 e. The Morgan fingerprint density at radius 1 is 1.45 bits per heavy atom. The van der Waals surface area contributed by atoms with Gasteiger partial charge in [-0.1, -0.05) is 28.7 Å². The molecule has 0 saturated carbocycles. The quantitative estimate of drug-likeness (QED) is 0.361. The Bertz CT molecular complexity index is 165. The topological polar surface area (TPSA) is 24.4 Å². The molecule has 0 aromatic rings. The van der Waals surface area contributed by atoms with Crippen molar-refractivity contribution >= 4 is 28.8 Å². The molecule has 0 heterocycles. The summed E-state index contributed by atoms with van der Waals surface area (Å²) in [5.41, 5.74) is 4.12. The van der Waals surface area contributed by atoms with Crippen molar-refractivity contribution in [2.24, 2.45) is 5.10 Å². The number of hydrogen-bond acceptors (Lipinski definition) is 2. The lowest BCUT2D eigenvalue weighted by atomic mass is 10.1. The Morgan fingerprint density at radius 2 is 2.00 bits per heavy atom. The zero-order valence-corrected chi connectivity index (χ0v) is 9.64. The van der Waals surface area contributed by atoms with Crippen LogP contribution < -0.4 is 5.43 Å². The first kappa shape index (κ1) is 10.9. The largest absolute Gasteiger partial charge is 0.282 e. The van der Waals surface area contributed by atoms with E-state index in [1.165, 1.54) is 0 Å². The SMILES string of the molecule is C/C=N\N/C(=C\C)C(C)(C)I. The van der Waals surface area contributed by atoms with Crippen LogP contribution in [0, 0.1) is 0 Å². The Hall–Kier alpha value is -0.0600. The predicted molar refractivity (Wildman–Crippen MR) is 59.2 cm³/mol. The second-order valence-electron chi connectivity index (χ2n) is 2.67. The van der Waals surface area contributed by atoms with E-state index in [-0.39, 0.29) is 3.42 Å². The van der Waals surface area contributed by atoms with Crippen LogP contribution in [0.25, 0.3) is 0 Å². The average molecular weight is 266 g/mol. The van der Waals surface area contributed by atoms with Gasteiger partial charge in [0.25, 0.3) is 0 Å². The highest BCUT2D eigenvalue weighted by Crippen LogP contribution is 2.24. The van der Waals surface area contributed by atoms with Gasteiger partial charge in [-0.05, 0) is 27.7 Å². The van der Waals surface area contributed by atoms with E-state index in [0.29, 0.717) is 0 Å². The molecule has 2 nitrogen and oxygen atoms in total. The van der Waals surface area contributed by atoms with Crippen LogP contribution in [0.5, 0.6) is 0 Å². The van der Waals surface area contributed by atoms with E-state index in [2.05, 4.69) is 47.0 Å². The monoisotopic (exact) mass is 266 g/mol. The van der Waals surface area contributed by atoms with Crippen molar-refractivity contribution in [3.8, 4) is 0 Å². The van der Waals surface area contributed by atoms with Gasteiger partial charge in [-0.25, -0.2) is 0 Å². The molecule has 0 aliphatic heterocycles. The summed E-state index contributed by atoms with van der Waals surface area (Å²) in [6, 6.07) is 0. The summed E-state index contributed by atoms with van der Waals surface area (Å²) >= 11 is 2.37. The van der Waals surface area contributed by atoms with Gasteiger partial charge >= 0.3 is 0 Å². The molecule has 0 aromatic heterocycles. The van der Waals surface area contributed by atoms with Crippen molar-refractivity contribution < 1.29 is 0 Å². The maximum absolute atomic E-state index is 3.96. The number of nitrogens with zero attached hydrogens (tertiary/aromatic N) is 1. The normalized spacial score (nSPS) is 14.1. The summed E-state index contributed by atoms with van der Waals surface area (Å²) in [6.45, 7) is 8.18. The zero-order valence-electron chi connectivity index (χ0n) is 7.48. The zero-order chi connectivity index (χ0) is 8.91. The van der Waals surface area contributed by atoms with Gasteiger partial charge < -0.3 is 0 Å². The van der Waals surface area contributed by atoms with Gasteiger partial charge in [0.2, 0.25) is 0 Å². The molecule has 3 heteroatoms. The van der Waals surface area contributed by atoms with E-state index in [4.69, 9.17) is 0 Å². The first-order chi connectivity index (χ1) is 5.02. The smallest absolute Gasteiger partial charge is 0.0576 e. The van der Waals surface area contributed by atoms with Crippen LogP contribution in [0.2, 0.25) is 0 Å². The highest BCUT2D eigenvalue weighted by Gasteiger charge is 2.17. The lowest BCUT2D eigenvalue weighted by Crippen LogP contribution is -2.23. The predicted octanol–water partition coefficient (Wildman–Crippen LogP) is 2.70. The van der Waals surface area contributed by atoms with E-state index >= 15 is 0 Å². The number of nitrogens with one attached hydrogen (secondary N) is 1. The molecule has 0 unspecified atom stereocenters. The molecule has 0 fully saturated rings. The van der Waals surface area contributed by atoms with Crippen molar-refractivity contribution in [3.63, 3.8) is 0 Å². The molecular formula is C8H15IN2. The number of rotatable bonds is 3. The molecule has 0 spiro atoms. The summed E-state index contributed by atoms with van der Waals surface area (Å²) in [5.74, 6) is 0. The Labute approximate surface area is 82.3 Å². The summed E-state index contributed by atoms with van der Waals surface area (Å²) < 4.78 is 0.124. The summed E-state index contributed by atoms with van der Waals surface area (Å²) in [7, 11) is 0. The molecule has 64 valence electrons. The van der Waals surface area contributed by atoms with Gasteiger partial charge in [0.05, 0.1) is 3.42 Å². The van der Waals surface area contributed by atoms with E-state index in [0.717, 1.165) is 5.70 Å². The van der Waals surface area contributed by atoms with Crippen LogP contribution in [0.4, 0.5) is 0 Å². The highest BCUT2D eigenvalue weighted by atomic mass is 127. The molecule has 0 radical (unpaired) electrons. The third kappa shape index (κ3) is 4.40. The summed E-state index contributed by atoms with van der Waals surface area (Å²) in [6.07, 6.45) is 3.78. The Morgan fingerprint density at radius 3 is 2.27 bits per heavy atom. The highest BCUT2D eigenvalue weighted by molar-refractivity contribution is 14.1. The van der Waals surface area contributed by atoms with Crippen molar-refractivity contribution in [2.45, 2.75) is 31.1 Å². The molecule has 1 N–H and O–H groups in total. The Kier molecular flexibility index (Phi) is 4.72. The van der Waals surface area contributed by atoms with Crippen molar-refractivity contribution in [3.05, 3.63) is 11.8 Å². The molecule has 0 aliphatic rings. The Balaban J connectivity index is 4.21. The van der Waals surface area contributed by atoms with Crippen molar-refractivity contribution in [2.75, 3.05) is 0 Å². The van der Waals surface area contributed by atoms with Gasteiger partial charge in [-0.2, -0.15) is 5.10 Å². The van der Waals surface area contributed by atoms with Crippen LogP contribution in [0.3, 0.4) is 0 Å². The number of allylic oxidation sites excluding steroid dienone is 2. The lowest BCUT2D eigenvalue weighted by molar-refractivity contribution is 0.741. The van der Waals surface area contributed by atoms with Gasteiger partial charge in [-0.15, -0.1) is 0 Å². The maximum atomic E-state index is 3.96. The van der Waals surface area contributed by atoms with Gasteiger partial charge in [0.15, 0.2) is 0 Å². The van der Waals surface area contributed by atoms with Crippen LogP contribution >= 0.6 is 22.6 Å². The molecular weight excluding hydrogens is 251 g/mol. The number of hydrogen-bond donors (Lipinski definition) is 1. The van der Waals surface area contributed by atoms with Gasteiger partial charge in [0.1, 0.15) is 0 Å².